The number of anilines is 1. The van der Waals surface area contributed by atoms with E-state index in [0.29, 0.717) is 16.4 Å². The van der Waals surface area contributed by atoms with Gasteiger partial charge < -0.3 is 9.80 Å². The Kier molecular flexibility index (Phi) is 2.10. The summed E-state index contributed by atoms with van der Waals surface area (Å²) in [4.78, 5) is 0. The van der Waals surface area contributed by atoms with Crippen molar-refractivity contribution in [3.8, 4) is 0 Å². The maximum absolute atomic E-state index is 4.15. The SMILES string of the molecule is CC[N+]12CCCC34CCC5(Nc6ccccc6C5(CC1)C32)C4C. The summed E-state index contributed by atoms with van der Waals surface area (Å²) >= 11 is 0. The van der Waals surface area contributed by atoms with E-state index in [9.17, 15) is 0 Å². The second kappa shape index (κ2) is 3.64. The van der Waals surface area contributed by atoms with Crippen molar-refractivity contribution in [2.24, 2.45) is 11.3 Å². The molecule has 1 N–H and O–H groups in total. The molecule has 3 aliphatic heterocycles. The van der Waals surface area contributed by atoms with Crippen molar-refractivity contribution in [3.63, 3.8) is 0 Å². The van der Waals surface area contributed by atoms with Crippen LogP contribution < -0.4 is 5.32 Å². The molecular formula is C21H29N2+. The Morgan fingerprint density at radius 2 is 2.00 bits per heavy atom. The van der Waals surface area contributed by atoms with Crippen LogP contribution in [0.4, 0.5) is 5.69 Å². The predicted octanol–water partition coefficient (Wildman–Crippen LogP) is 3.92. The molecule has 2 bridgehead atoms. The van der Waals surface area contributed by atoms with Gasteiger partial charge in [0, 0.05) is 17.5 Å². The summed E-state index contributed by atoms with van der Waals surface area (Å²) < 4.78 is 1.43. The third kappa shape index (κ3) is 1.05. The van der Waals surface area contributed by atoms with Crippen molar-refractivity contribution in [1.82, 2.24) is 0 Å². The lowest BCUT2D eigenvalue weighted by Gasteiger charge is -2.55. The molecule has 6 rings (SSSR count). The molecule has 3 heterocycles. The van der Waals surface area contributed by atoms with E-state index in [0.717, 1.165) is 12.0 Å². The van der Waals surface area contributed by atoms with Gasteiger partial charge in [0.25, 0.3) is 0 Å². The van der Waals surface area contributed by atoms with Gasteiger partial charge in [0.1, 0.15) is 6.04 Å². The number of nitrogens with zero attached hydrogens (tertiary/aromatic N) is 1. The number of nitrogens with one attached hydrogen (secondary N) is 1. The highest BCUT2D eigenvalue weighted by molar-refractivity contribution is 5.69. The highest BCUT2D eigenvalue weighted by Crippen LogP contribution is 2.79. The summed E-state index contributed by atoms with van der Waals surface area (Å²) in [5, 5.41) is 4.15. The first-order chi connectivity index (χ1) is 11.2. The lowest BCUT2D eigenvalue weighted by Crippen LogP contribution is -2.66. The molecular weight excluding hydrogens is 280 g/mol. The molecule has 0 aromatic heterocycles. The van der Waals surface area contributed by atoms with Gasteiger partial charge in [0.2, 0.25) is 0 Å². The summed E-state index contributed by atoms with van der Waals surface area (Å²) in [6, 6.07) is 10.2. The normalized spacial score (nSPS) is 54.5. The van der Waals surface area contributed by atoms with Crippen LogP contribution in [0.15, 0.2) is 24.3 Å². The Labute approximate surface area is 139 Å². The molecule has 1 aromatic carbocycles. The molecule has 2 saturated carbocycles. The van der Waals surface area contributed by atoms with Crippen LogP contribution in [-0.2, 0) is 5.41 Å². The van der Waals surface area contributed by atoms with E-state index in [1.165, 1.54) is 61.9 Å². The van der Waals surface area contributed by atoms with Crippen LogP contribution in [0.3, 0.4) is 0 Å². The van der Waals surface area contributed by atoms with Crippen LogP contribution in [0.2, 0.25) is 0 Å². The zero-order valence-corrected chi connectivity index (χ0v) is 14.6. The summed E-state index contributed by atoms with van der Waals surface area (Å²) in [7, 11) is 0. The molecule has 2 nitrogen and oxygen atoms in total. The third-order valence-electron chi connectivity index (χ3n) is 9.53. The smallest absolute Gasteiger partial charge is 0.107 e. The summed E-state index contributed by atoms with van der Waals surface area (Å²) in [5.41, 5.74) is 4.56. The second-order valence-corrected chi connectivity index (χ2v) is 9.31. The minimum Gasteiger partial charge on any atom is -0.378 e. The third-order valence-corrected chi connectivity index (χ3v) is 9.53. The van der Waals surface area contributed by atoms with Crippen LogP contribution in [-0.4, -0.2) is 35.7 Å². The van der Waals surface area contributed by atoms with E-state index in [1.807, 2.05) is 0 Å². The number of rotatable bonds is 1. The van der Waals surface area contributed by atoms with E-state index in [4.69, 9.17) is 0 Å². The Bertz CT molecular complexity index is 714. The minimum atomic E-state index is 0.362. The van der Waals surface area contributed by atoms with E-state index in [-0.39, 0.29) is 0 Å². The average molecular weight is 309 g/mol. The number of fused-ring (bicyclic) bond motifs is 1. The summed E-state index contributed by atoms with van der Waals surface area (Å²) in [6.45, 7) is 9.29. The maximum Gasteiger partial charge on any atom is 0.107 e. The van der Waals surface area contributed by atoms with Crippen molar-refractivity contribution in [2.75, 3.05) is 25.0 Å². The number of likely N-dealkylation sites (N-methyl/N-ethyl adjacent to an activating group) is 1. The van der Waals surface area contributed by atoms with Crippen LogP contribution in [0.5, 0.6) is 0 Å². The first-order valence-electron chi connectivity index (χ1n) is 9.89. The molecule has 122 valence electrons. The quantitative estimate of drug-likeness (QED) is 0.775. The average Bonchev–Trinajstić information content (AvgIpc) is 3.23. The minimum absolute atomic E-state index is 0.362. The number of hydrogen-bond donors (Lipinski definition) is 1. The van der Waals surface area contributed by atoms with Gasteiger partial charge in [-0.3, -0.25) is 0 Å². The second-order valence-electron chi connectivity index (χ2n) is 9.31. The van der Waals surface area contributed by atoms with E-state index in [2.05, 4.69) is 43.4 Å². The van der Waals surface area contributed by atoms with Crippen LogP contribution in [0, 0.1) is 11.3 Å². The van der Waals surface area contributed by atoms with Crippen molar-refractivity contribution in [1.29, 1.82) is 0 Å². The zero-order valence-electron chi connectivity index (χ0n) is 14.6. The van der Waals surface area contributed by atoms with Crippen LogP contribution >= 0.6 is 0 Å². The van der Waals surface area contributed by atoms with Crippen molar-refractivity contribution < 1.29 is 4.48 Å². The first kappa shape index (κ1) is 13.3. The molecule has 0 amide bonds. The number of hydrogen-bond acceptors (Lipinski definition) is 1. The summed E-state index contributed by atoms with van der Waals surface area (Å²) in [5.74, 6) is 0.831. The van der Waals surface area contributed by atoms with Gasteiger partial charge >= 0.3 is 0 Å². The van der Waals surface area contributed by atoms with E-state index < -0.39 is 0 Å². The van der Waals surface area contributed by atoms with Gasteiger partial charge in [-0.25, -0.2) is 0 Å². The molecule has 6 atom stereocenters. The van der Waals surface area contributed by atoms with Crippen molar-refractivity contribution >= 4 is 5.69 Å². The van der Waals surface area contributed by atoms with Gasteiger partial charge in [0.05, 0.1) is 30.6 Å². The standard InChI is InChI=1S/C21H29N2/c1-3-23-13-6-9-19-10-11-21(15(19)2)20(12-14-23,18(19)23)16-7-4-5-8-17(16)22-21/h4-5,7-8,15,18,22H,3,6,9-14H2,1-2H3/q+1. The fourth-order valence-corrected chi connectivity index (χ4v) is 8.94. The van der Waals surface area contributed by atoms with Gasteiger partial charge in [-0.1, -0.05) is 25.1 Å². The van der Waals surface area contributed by atoms with Gasteiger partial charge in [-0.15, -0.1) is 0 Å². The fraction of sp³-hybridized carbons (Fsp3) is 0.714. The van der Waals surface area contributed by atoms with Gasteiger partial charge in [-0.05, 0) is 50.2 Å². The maximum atomic E-state index is 4.15. The topological polar surface area (TPSA) is 12.0 Å². The molecule has 4 fully saturated rings. The summed E-state index contributed by atoms with van der Waals surface area (Å²) in [6.07, 6.45) is 7.25. The molecule has 3 spiro atoms. The van der Waals surface area contributed by atoms with Gasteiger partial charge in [0.15, 0.2) is 0 Å². The molecule has 23 heavy (non-hydrogen) atoms. The number of benzene rings is 1. The lowest BCUT2D eigenvalue weighted by molar-refractivity contribution is -0.952. The predicted molar refractivity (Wildman–Crippen MR) is 93.5 cm³/mol. The van der Waals surface area contributed by atoms with E-state index in [1.54, 1.807) is 5.56 Å². The van der Waals surface area contributed by atoms with Gasteiger partial charge in [-0.2, -0.15) is 0 Å². The molecule has 2 saturated heterocycles. The molecule has 1 aromatic rings. The number of quaternary nitrogens is 1. The molecule has 0 radical (unpaired) electrons. The lowest BCUT2D eigenvalue weighted by atomic mass is 9.59. The van der Waals surface area contributed by atoms with E-state index >= 15 is 0 Å². The molecule has 6 unspecified atom stereocenters. The Morgan fingerprint density at radius 3 is 2.87 bits per heavy atom. The Balaban J connectivity index is 1.70. The highest BCUT2D eigenvalue weighted by atomic mass is 15.4. The Morgan fingerprint density at radius 1 is 1.13 bits per heavy atom. The number of piperidine rings is 1. The first-order valence-corrected chi connectivity index (χ1v) is 9.89. The molecule has 2 heteroatoms. The van der Waals surface area contributed by atoms with Crippen LogP contribution in [0.25, 0.3) is 0 Å². The fourth-order valence-electron chi connectivity index (χ4n) is 8.94. The number of para-hydroxylation sites is 1. The monoisotopic (exact) mass is 309 g/mol. The molecule has 2 aliphatic carbocycles. The highest BCUT2D eigenvalue weighted by Gasteiger charge is 2.86. The molecule has 5 aliphatic rings. The van der Waals surface area contributed by atoms with Crippen molar-refractivity contribution in [3.05, 3.63) is 29.8 Å². The largest absolute Gasteiger partial charge is 0.378 e. The van der Waals surface area contributed by atoms with Crippen LogP contribution in [0.1, 0.15) is 51.5 Å². The Hall–Kier alpha value is -1.02. The van der Waals surface area contributed by atoms with Crippen molar-refractivity contribution in [2.45, 2.75) is 62.9 Å². The zero-order chi connectivity index (χ0) is 15.5.